The molecular formula is C20H13Cl4N5O. The van der Waals surface area contributed by atoms with Gasteiger partial charge in [-0.15, -0.1) is 15.3 Å². The van der Waals surface area contributed by atoms with Crippen molar-refractivity contribution in [3.05, 3.63) is 86.8 Å². The summed E-state index contributed by atoms with van der Waals surface area (Å²) in [5.74, 6) is -0.798. The van der Waals surface area contributed by atoms with Gasteiger partial charge < -0.3 is 5.32 Å². The van der Waals surface area contributed by atoms with Crippen LogP contribution in [0.2, 0.25) is 20.1 Å². The summed E-state index contributed by atoms with van der Waals surface area (Å²) in [6, 6.07) is 18.4. The van der Waals surface area contributed by atoms with Gasteiger partial charge in [0, 0.05) is 5.69 Å². The summed E-state index contributed by atoms with van der Waals surface area (Å²) in [6.45, 7) is 0. The van der Waals surface area contributed by atoms with Crippen molar-refractivity contribution < 1.29 is 4.79 Å². The molecule has 152 valence electrons. The first kappa shape index (κ1) is 22.1. The first-order chi connectivity index (χ1) is 14.4. The highest BCUT2D eigenvalue weighted by Crippen LogP contribution is 2.27. The van der Waals surface area contributed by atoms with E-state index in [0.29, 0.717) is 37.2 Å². The van der Waals surface area contributed by atoms with E-state index in [9.17, 15) is 4.79 Å². The van der Waals surface area contributed by atoms with Crippen LogP contribution in [-0.2, 0) is 4.79 Å². The Hall–Kier alpha value is -2.64. The number of anilines is 2. The molecule has 0 saturated heterocycles. The Bertz CT molecular complexity index is 1120. The molecule has 2 N–H and O–H groups in total. The van der Waals surface area contributed by atoms with E-state index in [2.05, 4.69) is 26.1 Å². The number of hydrogen-bond acceptors (Lipinski definition) is 4. The van der Waals surface area contributed by atoms with Crippen LogP contribution in [0.1, 0.15) is 0 Å². The summed E-state index contributed by atoms with van der Waals surface area (Å²) in [7, 11) is 0. The minimum Gasteiger partial charge on any atom is -0.319 e. The number of hydrazone groups is 1. The average Bonchev–Trinajstić information content (AvgIpc) is 2.73. The second-order valence-corrected chi connectivity index (χ2v) is 7.42. The third kappa shape index (κ3) is 6.18. The molecule has 0 aliphatic carbocycles. The number of amidine groups is 1. The lowest BCUT2D eigenvalue weighted by atomic mass is 10.3. The molecule has 0 radical (unpaired) electrons. The van der Waals surface area contributed by atoms with Crippen molar-refractivity contribution in [2.24, 2.45) is 15.3 Å². The minimum atomic E-state index is -0.572. The normalized spacial score (nSPS) is 11.5. The summed E-state index contributed by atoms with van der Waals surface area (Å²) in [6.07, 6.45) is 0. The van der Waals surface area contributed by atoms with Crippen LogP contribution in [0.15, 0.2) is 82.1 Å². The summed E-state index contributed by atoms with van der Waals surface area (Å²) in [4.78, 5) is 12.7. The van der Waals surface area contributed by atoms with Crippen LogP contribution < -0.4 is 10.7 Å². The van der Waals surface area contributed by atoms with Gasteiger partial charge in [0.1, 0.15) is 0 Å². The first-order valence-corrected chi connectivity index (χ1v) is 9.95. The van der Waals surface area contributed by atoms with Crippen LogP contribution in [-0.4, -0.2) is 11.7 Å². The Morgan fingerprint density at radius 1 is 0.733 bits per heavy atom. The van der Waals surface area contributed by atoms with Gasteiger partial charge in [0.05, 0.1) is 31.5 Å². The van der Waals surface area contributed by atoms with Crippen LogP contribution in [0.25, 0.3) is 0 Å². The molecule has 0 aromatic heterocycles. The number of benzene rings is 3. The van der Waals surface area contributed by atoms with Crippen LogP contribution in [0, 0.1) is 0 Å². The second kappa shape index (κ2) is 10.4. The first-order valence-electron chi connectivity index (χ1n) is 8.44. The van der Waals surface area contributed by atoms with Gasteiger partial charge in [0.2, 0.25) is 0 Å². The summed E-state index contributed by atoms with van der Waals surface area (Å²) < 4.78 is 0. The molecule has 0 spiro atoms. The van der Waals surface area contributed by atoms with Gasteiger partial charge in [0.25, 0.3) is 11.7 Å². The number of carbonyl (C=O) groups excluding carboxylic acids is 1. The van der Waals surface area contributed by atoms with E-state index >= 15 is 0 Å². The van der Waals surface area contributed by atoms with Gasteiger partial charge >= 0.3 is 0 Å². The van der Waals surface area contributed by atoms with Crippen LogP contribution in [0.4, 0.5) is 17.1 Å². The quantitative estimate of drug-likeness (QED) is 0.176. The van der Waals surface area contributed by atoms with Crippen molar-refractivity contribution in [1.82, 2.24) is 0 Å². The molecule has 3 aromatic rings. The maximum absolute atomic E-state index is 12.7. The maximum atomic E-state index is 12.7. The zero-order chi connectivity index (χ0) is 21.5. The number of halogens is 4. The highest BCUT2D eigenvalue weighted by Gasteiger charge is 2.12. The SMILES string of the molecule is O=C(Nc1ccccc1)C(N=Nc1ccc(Cl)c(Cl)c1)=NNc1ccc(Cl)c(Cl)c1. The topological polar surface area (TPSA) is 78.2 Å². The Kier molecular flexibility index (Phi) is 7.65. The maximum Gasteiger partial charge on any atom is 0.297 e. The van der Waals surface area contributed by atoms with Crippen molar-refractivity contribution in [3.8, 4) is 0 Å². The molecule has 0 unspecified atom stereocenters. The van der Waals surface area contributed by atoms with Crippen molar-refractivity contribution >= 4 is 75.2 Å². The fourth-order valence-electron chi connectivity index (χ4n) is 2.16. The minimum absolute atomic E-state index is 0.226. The standard InChI is InChI=1S/C20H13Cl4N5O/c21-15-8-6-13(10-17(15)23)26-28-19(20(30)25-12-4-2-1-3-5-12)29-27-14-7-9-16(22)18(24)11-14/h1-11,26H,(H,25,30). The van der Waals surface area contributed by atoms with Crippen molar-refractivity contribution in [3.63, 3.8) is 0 Å². The molecule has 0 aliphatic heterocycles. The molecule has 0 fully saturated rings. The summed E-state index contributed by atoms with van der Waals surface area (Å²) in [5.41, 5.74) is 4.21. The number of carbonyl (C=O) groups is 1. The van der Waals surface area contributed by atoms with E-state index < -0.39 is 5.91 Å². The Labute approximate surface area is 192 Å². The fraction of sp³-hybridized carbons (Fsp3) is 0. The van der Waals surface area contributed by atoms with Gasteiger partial charge in [-0.05, 0) is 48.5 Å². The second-order valence-electron chi connectivity index (χ2n) is 5.79. The number of nitrogens with zero attached hydrogens (tertiary/aromatic N) is 3. The van der Waals surface area contributed by atoms with E-state index in [1.165, 1.54) is 6.07 Å². The zero-order valence-electron chi connectivity index (χ0n) is 15.1. The Balaban J connectivity index is 1.86. The molecule has 0 aliphatic rings. The monoisotopic (exact) mass is 479 g/mol. The third-order valence-electron chi connectivity index (χ3n) is 3.61. The zero-order valence-corrected chi connectivity index (χ0v) is 18.1. The van der Waals surface area contributed by atoms with Gasteiger partial charge in [-0.2, -0.15) is 0 Å². The van der Waals surface area contributed by atoms with E-state index in [4.69, 9.17) is 46.4 Å². The van der Waals surface area contributed by atoms with E-state index in [-0.39, 0.29) is 5.84 Å². The summed E-state index contributed by atoms with van der Waals surface area (Å²) >= 11 is 23.8. The van der Waals surface area contributed by atoms with Gasteiger partial charge in [-0.1, -0.05) is 64.6 Å². The molecule has 3 rings (SSSR count). The molecule has 0 atom stereocenters. The van der Waals surface area contributed by atoms with Crippen molar-refractivity contribution in [2.45, 2.75) is 0 Å². The average molecular weight is 481 g/mol. The molecular weight excluding hydrogens is 468 g/mol. The van der Waals surface area contributed by atoms with E-state index in [0.717, 1.165) is 0 Å². The Morgan fingerprint density at radius 3 is 2.07 bits per heavy atom. The van der Waals surface area contributed by atoms with Crippen molar-refractivity contribution in [1.29, 1.82) is 0 Å². The molecule has 0 saturated carbocycles. The highest BCUT2D eigenvalue weighted by atomic mass is 35.5. The van der Waals surface area contributed by atoms with Crippen LogP contribution in [0.5, 0.6) is 0 Å². The Morgan fingerprint density at radius 2 is 1.40 bits per heavy atom. The van der Waals surface area contributed by atoms with E-state index in [1.807, 2.05) is 6.07 Å². The van der Waals surface area contributed by atoms with Crippen LogP contribution in [0.3, 0.4) is 0 Å². The molecule has 0 heterocycles. The smallest absolute Gasteiger partial charge is 0.297 e. The third-order valence-corrected chi connectivity index (χ3v) is 5.09. The van der Waals surface area contributed by atoms with Gasteiger partial charge in [0.15, 0.2) is 0 Å². The van der Waals surface area contributed by atoms with E-state index in [1.54, 1.807) is 54.6 Å². The number of nitrogens with one attached hydrogen (secondary N) is 2. The molecule has 3 aromatic carbocycles. The number of para-hydroxylation sites is 1. The molecule has 1 amide bonds. The largest absolute Gasteiger partial charge is 0.319 e. The lowest BCUT2D eigenvalue weighted by molar-refractivity contribution is -0.110. The molecule has 0 bridgehead atoms. The van der Waals surface area contributed by atoms with Gasteiger partial charge in [-0.25, -0.2) is 0 Å². The summed E-state index contributed by atoms with van der Waals surface area (Å²) in [5, 5.41) is 16.2. The number of rotatable bonds is 4. The molecule has 30 heavy (non-hydrogen) atoms. The number of hydrogen-bond donors (Lipinski definition) is 2. The van der Waals surface area contributed by atoms with Crippen molar-refractivity contribution in [2.75, 3.05) is 10.7 Å². The van der Waals surface area contributed by atoms with Crippen LogP contribution >= 0.6 is 46.4 Å². The number of amides is 1. The van der Waals surface area contributed by atoms with Gasteiger partial charge in [-0.3, -0.25) is 10.2 Å². The highest BCUT2D eigenvalue weighted by molar-refractivity contribution is 6.43. The number of azo groups is 1. The predicted octanol–water partition coefficient (Wildman–Crippen LogP) is 7.45. The molecule has 10 heteroatoms. The predicted molar refractivity (Wildman–Crippen MR) is 124 cm³/mol. The fourth-order valence-corrected chi connectivity index (χ4v) is 2.75. The lowest BCUT2D eigenvalue weighted by Crippen LogP contribution is -2.22. The molecule has 6 nitrogen and oxygen atoms in total. The lowest BCUT2D eigenvalue weighted by Gasteiger charge is -2.06.